The van der Waals surface area contributed by atoms with E-state index in [1.165, 1.54) is 17.5 Å². The summed E-state index contributed by atoms with van der Waals surface area (Å²) in [6.45, 7) is 2.07. The van der Waals surface area contributed by atoms with Gasteiger partial charge in [-0.3, -0.25) is 4.72 Å². The molecule has 1 atom stereocenters. The third-order valence-corrected chi connectivity index (χ3v) is 3.71. The fourth-order valence-electron chi connectivity index (χ4n) is 1.87. The zero-order valence-corrected chi connectivity index (χ0v) is 11.3. The van der Waals surface area contributed by atoms with Crippen LogP contribution >= 0.6 is 11.9 Å². The van der Waals surface area contributed by atoms with Crippen molar-refractivity contribution < 1.29 is 0 Å². The van der Waals surface area contributed by atoms with Gasteiger partial charge in [-0.2, -0.15) is 0 Å². The van der Waals surface area contributed by atoms with Gasteiger partial charge in [0, 0.05) is 6.20 Å². The lowest BCUT2D eigenvalue weighted by Gasteiger charge is -2.20. The minimum absolute atomic E-state index is 0.0991. The Morgan fingerprint density at radius 3 is 2.84 bits per heavy atom. The zero-order chi connectivity index (χ0) is 13.1. The van der Waals surface area contributed by atoms with Crippen molar-refractivity contribution in [2.45, 2.75) is 17.9 Å². The van der Waals surface area contributed by atoms with Crippen LogP contribution in [0.2, 0.25) is 0 Å². The van der Waals surface area contributed by atoms with Crippen molar-refractivity contribution in [2.75, 3.05) is 5.32 Å². The third kappa shape index (κ3) is 2.71. The summed E-state index contributed by atoms with van der Waals surface area (Å²) in [6, 6.07) is 14.3. The molecule has 1 aromatic heterocycles. The molecule has 0 spiro atoms. The molecule has 0 saturated carbocycles. The second-order valence-electron chi connectivity index (χ2n) is 4.24. The fraction of sp³-hybridized carbons (Fsp3) is 0.143. The Morgan fingerprint density at radius 2 is 2.00 bits per heavy atom. The molecule has 5 heteroatoms. The van der Waals surface area contributed by atoms with Crippen molar-refractivity contribution in [1.29, 1.82) is 0 Å². The summed E-state index contributed by atoms with van der Waals surface area (Å²) in [4.78, 5) is 10.0. The van der Waals surface area contributed by atoms with Gasteiger partial charge in [0.1, 0.15) is 5.82 Å². The van der Waals surface area contributed by atoms with Gasteiger partial charge in [0.25, 0.3) is 0 Å². The first-order valence-corrected chi connectivity index (χ1v) is 6.92. The summed E-state index contributed by atoms with van der Waals surface area (Å²) >= 11 is 1.53. The molecule has 0 aliphatic carbocycles. The Morgan fingerprint density at radius 1 is 1.16 bits per heavy atom. The highest BCUT2D eigenvalue weighted by atomic mass is 32.2. The molecule has 96 valence electrons. The van der Waals surface area contributed by atoms with Gasteiger partial charge in [-0.25, -0.2) is 9.98 Å². The number of fused-ring (bicyclic) bond motifs is 1. The van der Waals surface area contributed by atoms with Gasteiger partial charge in [-0.05, 0) is 36.6 Å². The molecule has 1 aliphatic rings. The lowest BCUT2D eigenvalue weighted by molar-refractivity contribution is 0.814. The van der Waals surface area contributed by atoms with Crippen LogP contribution in [-0.4, -0.2) is 10.9 Å². The maximum Gasteiger partial charge on any atom is 0.208 e. The van der Waals surface area contributed by atoms with Gasteiger partial charge in [-0.15, -0.1) is 0 Å². The van der Waals surface area contributed by atoms with Crippen molar-refractivity contribution in [3.63, 3.8) is 0 Å². The number of hydrogen-bond acceptors (Lipinski definition) is 3. The maximum absolute atomic E-state index is 4.64. The molecule has 0 bridgehead atoms. The summed E-state index contributed by atoms with van der Waals surface area (Å²) in [6.07, 6.45) is 1.77. The molecule has 19 heavy (non-hydrogen) atoms. The second-order valence-corrected chi connectivity index (χ2v) is 5.09. The van der Waals surface area contributed by atoms with Crippen LogP contribution in [0.4, 0.5) is 5.82 Å². The van der Waals surface area contributed by atoms with Crippen LogP contribution in [0.3, 0.4) is 0 Å². The van der Waals surface area contributed by atoms with Crippen molar-refractivity contribution in [1.82, 2.24) is 9.71 Å². The van der Waals surface area contributed by atoms with E-state index in [2.05, 4.69) is 39.1 Å². The van der Waals surface area contributed by atoms with E-state index >= 15 is 0 Å². The van der Waals surface area contributed by atoms with E-state index < -0.39 is 0 Å². The maximum atomic E-state index is 4.64. The zero-order valence-electron chi connectivity index (χ0n) is 10.5. The van der Waals surface area contributed by atoms with Crippen LogP contribution in [0, 0.1) is 0 Å². The van der Waals surface area contributed by atoms with Crippen molar-refractivity contribution in [2.24, 2.45) is 4.99 Å². The largest absolute Gasteiger partial charge is 0.309 e. The van der Waals surface area contributed by atoms with E-state index in [4.69, 9.17) is 0 Å². The first kappa shape index (κ1) is 12.0. The minimum Gasteiger partial charge on any atom is -0.309 e. The monoisotopic (exact) mass is 270 g/mol. The molecule has 0 fully saturated rings. The number of rotatable bonds is 2. The van der Waals surface area contributed by atoms with Gasteiger partial charge in [0.2, 0.25) is 5.96 Å². The molecule has 2 aromatic rings. The van der Waals surface area contributed by atoms with Crippen LogP contribution in [-0.2, 0) is 0 Å². The number of nitrogens with zero attached hydrogens (tertiary/aromatic N) is 2. The molecule has 2 N–H and O–H groups in total. The van der Waals surface area contributed by atoms with Crippen LogP contribution < -0.4 is 10.0 Å². The number of aromatic nitrogens is 1. The first-order valence-electron chi connectivity index (χ1n) is 6.10. The predicted octanol–water partition coefficient (Wildman–Crippen LogP) is 3.22. The summed E-state index contributed by atoms with van der Waals surface area (Å²) in [5.41, 5.74) is 1.19. The molecule has 0 amide bonds. The van der Waals surface area contributed by atoms with E-state index in [1.807, 2.05) is 30.3 Å². The molecule has 1 aliphatic heterocycles. The average molecular weight is 270 g/mol. The summed E-state index contributed by atoms with van der Waals surface area (Å²) in [5.74, 6) is 1.60. The van der Waals surface area contributed by atoms with Crippen molar-refractivity contribution in [3.05, 3.63) is 54.2 Å². The number of anilines is 1. The molecular formula is C14H14N4S. The Hall–Kier alpha value is -2.01. The molecule has 1 aromatic carbocycles. The Balaban J connectivity index is 1.79. The van der Waals surface area contributed by atoms with Crippen LogP contribution in [0.25, 0.3) is 0 Å². The Kier molecular flexibility index (Phi) is 3.37. The highest BCUT2D eigenvalue weighted by Gasteiger charge is 2.15. The highest BCUT2D eigenvalue weighted by molar-refractivity contribution is 7.98. The fourth-order valence-corrected chi connectivity index (χ4v) is 2.52. The minimum atomic E-state index is 0.0991. The molecule has 2 heterocycles. The predicted molar refractivity (Wildman–Crippen MR) is 79.1 cm³/mol. The first-order chi connectivity index (χ1) is 9.33. The van der Waals surface area contributed by atoms with Gasteiger partial charge in [0.05, 0.1) is 10.9 Å². The number of nitrogens with one attached hydrogen (secondary N) is 2. The topological polar surface area (TPSA) is 49.3 Å². The van der Waals surface area contributed by atoms with E-state index in [0.29, 0.717) is 0 Å². The van der Waals surface area contributed by atoms with Gasteiger partial charge < -0.3 is 5.32 Å². The van der Waals surface area contributed by atoms with Crippen molar-refractivity contribution in [3.8, 4) is 0 Å². The summed E-state index contributed by atoms with van der Waals surface area (Å²) in [5, 5.41) is 3.20. The number of pyridine rings is 1. The average Bonchev–Trinajstić information content (AvgIpc) is 2.48. The standard InChI is InChI=1S/C14H14N4S/c1-10(11-6-3-2-4-7-11)16-14-17-13-12(19-18-14)8-5-9-15-13/h2-10H,1H3,(H2,15,16,17,18)/t10-/m0/s1. The quantitative estimate of drug-likeness (QED) is 0.823. The van der Waals surface area contributed by atoms with Gasteiger partial charge in [0.15, 0.2) is 0 Å². The summed E-state index contributed by atoms with van der Waals surface area (Å²) < 4.78 is 3.19. The van der Waals surface area contributed by atoms with E-state index in [1.54, 1.807) is 6.20 Å². The molecule has 0 saturated heterocycles. The van der Waals surface area contributed by atoms with Crippen LogP contribution in [0.1, 0.15) is 18.5 Å². The molecule has 3 rings (SSSR count). The Labute approximate surface area is 116 Å². The van der Waals surface area contributed by atoms with Crippen LogP contribution in [0.5, 0.6) is 0 Å². The highest BCUT2D eigenvalue weighted by Crippen LogP contribution is 2.26. The molecule has 0 unspecified atom stereocenters. The lowest BCUT2D eigenvalue weighted by atomic mass is 10.1. The smallest absolute Gasteiger partial charge is 0.208 e. The third-order valence-electron chi connectivity index (χ3n) is 2.87. The molecule has 4 nitrogen and oxygen atoms in total. The summed E-state index contributed by atoms with van der Waals surface area (Å²) in [7, 11) is 0. The van der Waals surface area contributed by atoms with Gasteiger partial charge in [-0.1, -0.05) is 30.3 Å². The number of aliphatic imine (C=N–C) groups is 1. The van der Waals surface area contributed by atoms with Gasteiger partial charge >= 0.3 is 0 Å². The number of benzene rings is 1. The molecular weight excluding hydrogens is 256 g/mol. The van der Waals surface area contributed by atoms with Crippen molar-refractivity contribution >= 4 is 23.7 Å². The van der Waals surface area contributed by atoms with E-state index in [9.17, 15) is 0 Å². The number of guanidine groups is 1. The second kappa shape index (κ2) is 5.32. The SMILES string of the molecule is C[C@H](N=C1NSc2cccnc2N1)c1ccccc1. The lowest BCUT2D eigenvalue weighted by Crippen LogP contribution is -2.30. The van der Waals surface area contributed by atoms with E-state index in [0.717, 1.165) is 16.7 Å². The normalized spacial score (nSPS) is 17.2. The van der Waals surface area contributed by atoms with E-state index in [-0.39, 0.29) is 6.04 Å². The number of hydrogen-bond donors (Lipinski definition) is 2. The molecule has 0 radical (unpaired) electrons. The van der Waals surface area contributed by atoms with Crippen LogP contribution in [0.15, 0.2) is 58.5 Å². The Bertz CT molecular complexity index is 597.